The lowest BCUT2D eigenvalue weighted by molar-refractivity contribution is 0.477. The Morgan fingerprint density at radius 3 is 2.95 bits per heavy atom. The minimum absolute atomic E-state index is 0.721. The highest BCUT2D eigenvalue weighted by Crippen LogP contribution is 2.11. The molecule has 0 radical (unpaired) electrons. The molecule has 0 aliphatic heterocycles. The highest BCUT2D eigenvalue weighted by Gasteiger charge is 2.07. The molecule has 2 heterocycles. The first-order valence-electron chi connectivity index (χ1n) is 6.03. The lowest BCUT2D eigenvalue weighted by Gasteiger charge is -2.21. The number of aryl methyl sites for hydroxylation is 1. The molecule has 2 rings (SSSR count). The Morgan fingerprint density at radius 2 is 2.37 bits per heavy atom. The molecule has 2 aromatic heterocycles. The summed E-state index contributed by atoms with van der Waals surface area (Å²) < 4.78 is 0. The first-order valence-corrected chi connectivity index (χ1v) is 7.79. The van der Waals surface area contributed by atoms with Crippen LogP contribution in [0.3, 0.4) is 0 Å². The second-order valence-corrected chi connectivity index (χ2v) is 6.35. The van der Waals surface area contributed by atoms with Gasteiger partial charge in [0.2, 0.25) is 0 Å². The predicted octanol–water partition coefficient (Wildman–Crippen LogP) is 2.72. The average Bonchev–Trinajstić information content (AvgIpc) is 3.02. The van der Waals surface area contributed by atoms with Crippen molar-refractivity contribution >= 4 is 28.6 Å². The number of thiazole rings is 1. The number of aliphatic imine (C=N–C) groups is 1. The van der Waals surface area contributed by atoms with Crippen molar-refractivity contribution in [3.8, 4) is 0 Å². The van der Waals surface area contributed by atoms with Crippen LogP contribution in [0.15, 0.2) is 28.0 Å². The Kier molecular flexibility index (Phi) is 4.93. The molecule has 0 aliphatic rings. The van der Waals surface area contributed by atoms with E-state index in [1.54, 1.807) is 29.7 Å². The fourth-order valence-corrected chi connectivity index (χ4v) is 3.14. The van der Waals surface area contributed by atoms with E-state index in [1.165, 1.54) is 10.4 Å². The van der Waals surface area contributed by atoms with Crippen molar-refractivity contribution in [1.82, 2.24) is 15.2 Å². The standard InChI is InChI=1S/C13H18N4S2/c1-10-6-15-12(19-10)7-16-13(14-2)17(3)8-11-4-5-18-9-11/h4-6,9H,7-8H2,1-3H3,(H,14,16). The summed E-state index contributed by atoms with van der Waals surface area (Å²) in [5.74, 6) is 0.888. The Balaban J connectivity index is 1.89. The van der Waals surface area contributed by atoms with Crippen LogP contribution in [-0.2, 0) is 13.1 Å². The predicted molar refractivity (Wildman–Crippen MR) is 82.8 cm³/mol. The summed E-state index contributed by atoms with van der Waals surface area (Å²) in [5, 5.41) is 8.68. The molecular formula is C13H18N4S2. The molecule has 0 saturated carbocycles. The van der Waals surface area contributed by atoms with Crippen LogP contribution >= 0.6 is 22.7 Å². The largest absolute Gasteiger partial charge is 0.350 e. The van der Waals surface area contributed by atoms with E-state index < -0.39 is 0 Å². The van der Waals surface area contributed by atoms with Gasteiger partial charge in [0.05, 0.1) is 6.54 Å². The SMILES string of the molecule is CN=C(NCc1ncc(C)s1)N(C)Cc1ccsc1. The van der Waals surface area contributed by atoms with Gasteiger partial charge in [-0.2, -0.15) is 11.3 Å². The third-order valence-corrected chi connectivity index (χ3v) is 4.28. The van der Waals surface area contributed by atoms with Gasteiger partial charge < -0.3 is 10.2 Å². The van der Waals surface area contributed by atoms with Gasteiger partial charge in [-0.3, -0.25) is 4.99 Å². The van der Waals surface area contributed by atoms with Gasteiger partial charge in [0.25, 0.3) is 0 Å². The topological polar surface area (TPSA) is 40.5 Å². The van der Waals surface area contributed by atoms with Crippen LogP contribution in [-0.4, -0.2) is 29.9 Å². The summed E-state index contributed by atoms with van der Waals surface area (Å²) in [6, 6.07) is 2.14. The molecule has 0 unspecified atom stereocenters. The molecular weight excluding hydrogens is 276 g/mol. The van der Waals surface area contributed by atoms with Crippen LogP contribution in [0.1, 0.15) is 15.4 Å². The van der Waals surface area contributed by atoms with E-state index in [1.807, 2.05) is 13.2 Å². The van der Waals surface area contributed by atoms with Gasteiger partial charge in [0.15, 0.2) is 5.96 Å². The number of aromatic nitrogens is 1. The van der Waals surface area contributed by atoms with Gasteiger partial charge >= 0.3 is 0 Å². The molecule has 0 aromatic carbocycles. The summed E-state index contributed by atoms with van der Waals surface area (Å²) in [6.07, 6.45) is 1.90. The quantitative estimate of drug-likeness (QED) is 0.696. The first-order chi connectivity index (χ1) is 9.19. The fraction of sp³-hybridized carbons (Fsp3) is 0.385. The van der Waals surface area contributed by atoms with Crippen LogP contribution in [0.4, 0.5) is 0 Å². The van der Waals surface area contributed by atoms with E-state index in [2.05, 4.69) is 43.9 Å². The second-order valence-electron chi connectivity index (χ2n) is 4.25. The first kappa shape index (κ1) is 14.0. The Bertz CT molecular complexity index is 531. The molecule has 0 bridgehead atoms. The molecule has 0 saturated heterocycles. The van der Waals surface area contributed by atoms with Crippen molar-refractivity contribution in [2.24, 2.45) is 4.99 Å². The lowest BCUT2D eigenvalue weighted by Crippen LogP contribution is -2.37. The highest BCUT2D eigenvalue weighted by atomic mass is 32.1. The van der Waals surface area contributed by atoms with E-state index in [0.29, 0.717) is 0 Å². The smallest absolute Gasteiger partial charge is 0.194 e. The Morgan fingerprint density at radius 1 is 1.53 bits per heavy atom. The number of thiophene rings is 1. The highest BCUT2D eigenvalue weighted by molar-refractivity contribution is 7.11. The third-order valence-electron chi connectivity index (χ3n) is 2.64. The zero-order valence-electron chi connectivity index (χ0n) is 11.4. The monoisotopic (exact) mass is 294 g/mol. The number of guanidine groups is 1. The maximum atomic E-state index is 4.34. The van der Waals surface area contributed by atoms with Gasteiger partial charge in [-0.15, -0.1) is 11.3 Å². The van der Waals surface area contributed by atoms with Crippen molar-refractivity contribution in [3.63, 3.8) is 0 Å². The molecule has 0 spiro atoms. The molecule has 0 amide bonds. The van der Waals surface area contributed by atoms with Crippen LogP contribution in [0.25, 0.3) is 0 Å². The molecule has 6 heteroatoms. The Hall–Kier alpha value is -1.40. The van der Waals surface area contributed by atoms with Gasteiger partial charge in [-0.05, 0) is 29.3 Å². The van der Waals surface area contributed by atoms with Crippen molar-refractivity contribution < 1.29 is 0 Å². The number of hydrogen-bond donors (Lipinski definition) is 1. The minimum atomic E-state index is 0.721. The summed E-state index contributed by atoms with van der Waals surface area (Å²) in [6.45, 7) is 3.65. The van der Waals surface area contributed by atoms with Crippen molar-refractivity contribution in [3.05, 3.63) is 38.5 Å². The minimum Gasteiger partial charge on any atom is -0.350 e. The van der Waals surface area contributed by atoms with Crippen LogP contribution in [0.5, 0.6) is 0 Å². The lowest BCUT2D eigenvalue weighted by atomic mass is 10.3. The molecule has 1 N–H and O–H groups in total. The van der Waals surface area contributed by atoms with Crippen molar-refractivity contribution in [2.75, 3.05) is 14.1 Å². The normalized spacial score (nSPS) is 11.6. The van der Waals surface area contributed by atoms with Gasteiger partial charge in [0, 0.05) is 31.7 Å². The zero-order chi connectivity index (χ0) is 13.7. The van der Waals surface area contributed by atoms with Crippen LogP contribution in [0, 0.1) is 6.92 Å². The van der Waals surface area contributed by atoms with E-state index in [-0.39, 0.29) is 0 Å². The third kappa shape index (κ3) is 4.04. The Labute approximate surface area is 121 Å². The fourth-order valence-electron chi connectivity index (χ4n) is 1.75. The maximum Gasteiger partial charge on any atom is 0.194 e. The summed E-state index contributed by atoms with van der Waals surface area (Å²) >= 11 is 3.43. The van der Waals surface area contributed by atoms with Crippen molar-refractivity contribution in [2.45, 2.75) is 20.0 Å². The molecule has 19 heavy (non-hydrogen) atoms. The average molecular weight is 294 g/mol. The van der Waals surface area contributed by atoms with Gasteiger partial charge in [0.1, 0.15) is 5.01 Å². The zero-order valence-corrected chi connectivity index (χ0v) is 13.0. The summed E-state index contributed by atoms with van der Waals surface area (Å²) in [4.78, 5) is 12.0. The number of rotatable bonds is 4. The van der Waals surface area contributed by atoms with Gasteiger partial charge in [-0.1, -0.05) is 0 Å². The second kappa shape index (κ2) is 6.68. The number of nitrogens with zero attached hydrogens (tertiary/aromatic N) is 3. The number of nitrogens with one attached hydrogen (secondary N) is 1. The van der Waals surface area contributed by atoms with Crippen LogP contribution < -0.4 is 5.32 Å². The van der Waals surface area contributed by atoms with Crippen molar-refractivity contribution in [1.29, 1.82) is 0 Å². The molecule has 102 valence electrons. The summed E-state index contributed by atoms with van der Waals surface area (Å²) in [7, 11) is 3.85. The van der Waals surface area contributed by atoms with Gasteiger partial charge in [-0.25, -0.2) is 4.98 Å². The van der Waals surface area contributed by atoms with E-state index in [9.17, 15) is 0 Å². The van der Waals surface area contributed by atoms with E-state index in [0.717, 1.165) is 24.1 Å². The number of hydrogen-bond acceptors (Lipinski definition) is 4. The molecule has 4 nitrogen and oxygen atoms in total. The molecule has 0 atom stereocenters. The van der Waals surface area contributed by atoms with E-state index in [4.69, 9.17) is 0 Å². The molecule has 0 fully saturated rings. The van der Waals surface area contributed by atoms with Crippen LogP contribution in [0.2, 0.25) is 0 Å². The van der Waals surface area contributed by atoms with E-state index >= 15 is 0 Å². The molecule has 2 aromatic rings. The summed E-state index contributed by atoms with van der Waals surface area (Å²) in [5.41, 5.74) is 1.31. The molecule has 0 aliphatic carbocycles. The maximum absolute atomic E-state index is 4.34.